The van der Waals surface area contributed by atoms with Crippen LogP contribution < -0.4 is 10.1 Å². The summed E-state index contributed by atoms with van der Waals surface area (Å²) in [6, 6.07) is 8.04. The van der Waals surface area contributed by atoms with Crippen LogP contribution in [0.3, 0.4) is 0 Å². The van der Waals surface area contributed by atoms with E-state index in [1.54, 1.807) is 7.11 Å². The van der Waals surface area contributed by atoms with Crippen LogP contribution in [0.15, 0.2) is 24.3 Å². The first-order valence-corrected chi connectivity index (χ1v) is 5.65. The molecule has 0 saturated carbocycles. The van der Waals surface area contributed by atoms with Gasteiger partial charge in [0.2, 0.25) is 0 Å². The van der Waals surface area contributed by atoms with E-state index in [9.17, 15) is 0 Å². The van der Waals surface area contributed by atoms with Gasteiger partial charge in [0.25, 0.3) is 0 Å². The maximum atomic E-state index is 5.88. The molecular weight excluding hydrogens is 202 g/mol. The van der Waals surface area contributed by atoms with Gasteiger partial charge >= 0.3 is 0 Å². The largest absolute Gasteiger partial charge is 0.496 e. The second-order valence-corrected chi connectivity index (χ2v) is 4.64. The molecule has 0 amide bonds. The Morgan fingerprint density at radius 1 is 1.38 bits per heavy atom. The molecule has 1 fully saturated rings. The lowest BCUT2D eigenvalue weighted by Crippen LogP contribution is -2.51. The van der Waals surface area contributed by atoms with Crippen LogP contribution in [0.1, 0.15) is 25.5 Å². The van der Waals surface area contributed by atoms with E-state index in [2.05, 4.69) is 25.2 Å². The van der Waals surface area contributed by atoms with Gasteiger partial charge in [0.05, 0.1) is 13.7 Å². The number of nitrogens with one attached hydrogen (secondary N) is 1. The zero-order valence-electron chi connectivity index (χ0n) is 10.1. The van der Waals surface area contributed by atoms with Crippen LogP contribution in [0, 0.1) is 0 Å². The highest BCUT2D eigenvalue weighted by Gasteiger charge is 2.35. The highest BCUT2D eigenvalue weighted by Crippen LogP contribution is 2.36. The molecule has 1 heterocycles. The third-order valence-electron chi connectivity index (χ3n) is 3.04. The van der Waals surface area contributed by atoms with E-state index in [4.69, 9.17) is 9.47 Å². The van der Waals surface area contributed by atoms with E-state index in [0.717, 1.165) is 24.5 Å². The first-order chi connectivity index (χ1) is 7.65. The molecule has 1 unspecified atom stereocenters. The first-order valence-electron chi connectivity index (χ1n) is 5.65. The van der Waals surface area contributed by atoms with Crippen LogP contribution >= 0.6 is 0 Å². The maximum absolute atomic E-state index is 5.88. The van der Waals surface area contributed by atoms with Gasteiger partial charge in [-0.2, -0.15) is 0 Å². The summed E-state index contributed by atoms with van der Waals surface area (Å²) in [5.41, 5.74) is 1.05. The molecule has 0 radical (unpaired) electrons. The van der Waals surface area contributed by atoms with E-state index in [1.807, 2.05) is 18.2 Å². The number of rotatable bonds is 2. The standard InChI is InChI=1S/C13H19NO2/c1-13(2)12(16-9-8-14-13)10-6-4-5-7-11(10)15-3/h4-7,12,14H,8-9H2,1-3H3. The van der Waals surface area contributed by atoms with Crippen LogP contribution in [0.5, 0.6) is 5.75 Å². The Morgan fingerprint density at radius 3 is 2.81 bits per heavy atom. The van der Waals surface area contributed by atoms with Gasteiger partial charge in [0, 0.05) is 17.6 Å². The van der Waals surface area contributed by atoms with Crippen molar-refractivity contribution in [1.29, 1.82) is 0 Å². The lowest BCUT2D eigenvalue weighted by Gasteiger charge is -2.40. The summed E-state index contributed by atoms with van der Waals surface area (Å²) in [5, 5.41) is 3.48. The fraction of sp³-hybridized carbons (Fsp3) is 0.538. The fourth-order valence-corrected chi connectivity index (χ4v) is 2.21. The Kier molecular flexibility index (Phi) is 3.17. The number of benzene rings is 1. The van der Waals surface area contributed by atoms with Crippen molar-refractivity contribution in [2.45, 2.75) is 25.5 Å². The van der Waals surface area contributed by atoms with Crippen LogP contribution in [0.25, 0.3) is 0 Å². The van der Waals surface area contributed by atoms with Gasteiger partial charge in [-0.05, 0) is 19.9 Å². The van der Waals surface area contributed by atoms with Gasteiger partial charge in [-0.1, -0.05) is 18.2 Å². The van der Waals surface area contributed by atoms with Crippen molar-refractivity contribution in [2.75, 3.05) is 20.3 Å². The van der Waals surface area contributed by atoms with E-state index in [-0.39, 0.29) is 11.6 Å². The minimum atomic E-state index is -0.0626. The summed E-state index contributed by atoms with van der Waals surface area (Å²) in [6.07, 6.45) is 0.0393. The van der Waals surface area contributed by atoms with Gasteiger partial charge in [0.15, 0.2) is 0 Å². The van der Waals surface area contributed by atoms with Gasteiger partial charge in [-0.25, -0.2) is 0 Å². The maximum Gasteiger partial charge on any atom is 0.124 e. The van der Waals surface area contributed by atoms with Crippen LogP contribution in [-0.4, -0.2) is 25.8 Å². The molecule has 1 atom stereocenters. The van der Waals surface area contributed by atoms with Crippen molar-refractivity contribution in [3.05, 3.63) is 29.8 Å². The average Bonchev–Trinajstić information content (AvgIpc) is 2.28. The molecular formula is C13H19NO2. The number of para-hydroxylation sites is 1. The Bertz CT molecular complexity index is 363. The van der Waals surface area contributed by atoms with Crippen molar-refractivity contribution in [2.24, 2.45) is 0 Å². The smallest absolute Gasteiger partial charge is 0.124 e. The summed E-state index contributed by atoms with van der Waals surface area (Å²) >= 11 is 0. The van der Waals surface area contributed by atoms with E-state index in [0.29, 0.717) is 0 Å². The summed E-state index contributed by atoms with van der Waals surface area (Å²) in [5.74, 6) is 0.893. The second kappa shape index (κ2) is 4.44. The predicted molar refractivity (Wildman–Crippen MR) is 63.8 cm³/mol. The fourth-order valence-electron chi connectivity index (χ4n) is 2.21. The van der Waals surface area contributed by atoms with E-state index >= 15 is 0 Å². The van der Waals surface area contributed by atoms with Crippen LogP contribution in [0.2, 0.25) is 0 Å². The highest BCUT2D eigenvalue weighted by atomic mass is 16.5. The third-order valence-corrected chi connectivity index (χ3v) is 3.04. The van der Waals surface area contributed by atoms with Crippen molar-refractivity contribution >= 4 is 0 Å². The van der Waals surface area contributed by atoms with Crippen LogP contribution in [0.4, 0.5) is 0 Å². The summed E-state index contributed by atoms with van der Waals surface area (Å²) in [7, 11) is 1.70. The van der Waals surface area contributed by atoms with Gasteiger partial charge in [0.1, 0.15) is 11.9 Å². The number of hydrogen-bond acceptors (Lipinski definition) is 3. The molecule has 1 aromatic carbocycles. The molecule has 1 aromatic rings. The minimum Gasteiger partial charge on any atom is -0.496 e. The number of methoxy groups -OCH3 is 1. The molecule has 0 spiro atoms. The number of hydrogen-bond donors (Lipinski definition) is 1. The Labute approximate surface area is 96.8 Å². The summed E-state index contributed by atoms with van der Waals surface area (Å²) in [4.78, 5) is 0. The highest BCUT2D eigenvalue weighted by molar-refractivity contribution is 5.37. The monoisotopic (exact) mass is 221 g/mol. The molecule has 1 N–H and O–H groups in total. The molecule has 0 bridgehead atoms. The average molecular weight is 221 g/mol. The Hall–Kier alpha value is -1.06. The normalized spacial score (nSPS) is 24.1. The first kappa shape index (κ1) is 11.4. The summed E-state index contributed by atoms with van der Waals surface area (Å²) in [6.45, 7) is 5.96. The molecule has 1 aliphatic rings. The van der Waals surface area contributed by atoms with Gasteiger partial charge in [-0.3, -0.25) is 0 Å². The minimum absolute atomic E-state index is 0.0393. The van der Waals surface area contributed by atoms with Gasteiger partial charge < -0.3 is 14.8 Å². The molecule has 88 valence electrons. The molecule has 3 heteroatoms. The number of morpholine rings is 1. The molecule has 0 aliphatic carbocycles. The lowest BCUT2D eigenvalue weighted by molar-refractivity contribution is -0.0398. The van der Waals surface area contributed by atoms with Crippen molar-refractivity contribution in [3.8, 4) is 5.75 Å². The van der Waals surface area contributed by atoms with Crippen molar-refractivity contribution in [1.82, 2.24) is 5.32 Å². The number of ether oxygens (including phenoxy) is 2. The zero-order chi connectivity index (χ0) is 11.6. The van der Waals surface area contributed by atoms with Gasteiger partial charge in [-0.15, -0.1) is 0 Å². The lowest BCUT2D eigenvalue weighted by atomic mass is 9.89. The second-order valence-electron chi connectivity index (χ2n) is 4.64. The molecule has 2 rings (SSSR count). The molecule has 3 nitrogen and oxygen atoms in total. The van der Waals surface area contributed by atoms with Crippen LogP contribution in [-0.2, 0) is 4.74 Å². The molecule has 1 saturated heterocycles. The van der Waals surface area contributed by atoms with E-state index in [1.165, 1.54) is 0 Å². The third kappa shape index (κ3) is 2.06. The predicted octanol–water partition coefficient (Wildman–Crippen LogP) is 2.13. The molecule has 16 heavy (non-hydrogen) atoms. The van der Waals surface area contributed by atoms with E-state index < -0.39 is 0 Å². The molecule has 1 aliphatic heterocycles. The Morgan fingerprint density at radius 2 is 2.12 bits per heavy atom. The zero-order valence-corrected chi connectivity index (χ0v) is 10.1. The van der Waals surface area contributed by atoms with Crippen molar-refractivity contribution in [3.63, 3.8) is 0 Å². The Balaban J connectivity index is 2.34. The quantitative estimate of drug-likeness (QED) is 0.830. The topological polar surface area (TPSA) is 30.5 Å². The SMILES string of the molecule is COc1ccccc1C1OCCNC1(C)C. The summed E-state index contributed by atoms with van der Waals surface area (Å²) < 4.78 is 11.3. The molecule has 0 aromatic heterocycles. The van der Waals surface area contributed by atoms with Crippen molar-refractivity contribution < 1.29 is 9.47 Å².